The van der Waals surface area contributed by atoms with E-state index in [1.54, 1.807) is 35.5 Å². The molecule has 3 unspecified atom stereocenters. The van der Waals surface area contributed by atoms with Crippen molar-refractivity contribution in [1.82, 2.24) is 15.2 Å². The minimum absolute atomic E-state index is 0.00398. The summed E-state index contributed by atoms with van der Waals surface area (Å²) in [5, 5.41) is 32.5. The van der Waals surface area contributed by atoms with Crippen molar-refractivity contribution in [2.24, 2.45) is 5.73 Å². The van der Waals surface area contributed by atoms with Crippen LogP contribution in [-0.4, -0.2) is 69.2 Å². The average Bonchev–Trinajstić information content (AvgIpc) is 2.87. The molecule has 0 saturated heterocycles. The Morgan fingerprint density at radius 3 is 2.19 bits per heavy atom. The highest BCUT2D eigenvalue weighted by Crippen LogP contribution is 2.16. The molecule has 3 atom stereocenters. The summed E-state index contributed by atoms with van der Waals surface area (Å²) < 4.78 is 0. The van der Waals surface area contributed by atoms with E-state index in [-0.39, 0.29) is 35.4 Å². The molecule has 2 aromatic rings. The van der Waals surface area contributed by atoms with Crippen LogP contribution in [0.3, 0.4) is 0 Å². The molecule has 5 N–H and O–H groups in total. The van der Waals surface area contributed by atoms with Gasteiger partial charge in [0.1, 0.15) is 6.10 Å². The van der Waals surface area contributed by atoms with Crippen LogP contribution in [0.4, 0.5) is 0 Å². The van der Waals surface area contributed by atoms with Gasteiger partial charge in [-0.25, -0.2) is 0 Å². The van der Waals surface area contributed by atoms with Crippen molar-refractivity contribution >= 4 is 17.7 Å². The number of benzene rings is 1. The number of amides is 3. The predicted octanol–water partition coefficient (Wildman–Crippen LogP) is 1.42. The monoisotopic (exact) mass is 495 g/mol. The molecule has 1 heterocycles. The largest absolute Gasteiger partial charge is 0.389 e. The molecule has 3 amide bonds. The fraction of sp³-hybridized carbons (Fsp3) is 0.423. The van der Waals surface area contributed by atoms with Crippen molar-refractivity contribution in [1.29, 1.82) is 5.26 Å². The summed E-state index contributed by atoms with van der Waals surface area (Å²) in [5.74, 6) is -1.80. The van der Waals surface area contributed by atoms with Gasteiger partial charge in [-0.15, -0.1) is 0 Å². The molecule has 0 aliphatic heterocycles. The summed E-state index contributed by atoms with van der Waals surface area (Å²) in [7, 11) is 0. The van der Waals surface area contributed by atoms with Crippen LogP contribution in [0.25, 0.3) is 0 Å². The number of aliphatic hydroxyl groups is 2. The molecule has 2 rings (SSSR count). The maximum Gasteiger partial charge on any atom is 0.253 e. The van der Waals surface area contributed by atoms with E-state index >= 15 is 0 Å². The fourth-order valence-electron chi connectivity index (χ4n) is 3.83. The molecule has 36 heavy (non-hydrogen) atoms. The molecule has 0 fully saturated rings. The van der Waals surface area contributed by atoms with Crippen LogP contribution in [-0.2, 0) is 6.42 Å². The Bertz CT molecular complexity index is 1080. The van der Waals surface area contributed by atoms with Gasteiger partial charge >= 0.3 is 0 Å². The van der Waals surface area contributed by atoms with Crippen LogP contribution in [0, 0.1) is 11.3 Å². The van der Waals surface area contributed by atoms with Gasteiger partial charge in [0.2, 0.25) is 5.91 Å². The summed E-state index contributed by atoms with van der Waals surface area (Å²) in [5.41, 5.74) is 6.34. The molecule has 1 aromatic heterocycles. The molecule has 0 bridgehead atoms. The van der Waals surface area contributed by atoms with Crippen molar-refractivity contribution in [3.8, 4) is 6.07 Å². The Kier molecular flexibility index (Phi) is 11.0. The molecular formula is C26H33N5O5. The van der Waals surface area contributed by atoms with E-state index in [0.29, 0.717) is 13.1 Å². The number of nitrogens with zero attached hydrogens (tertiary/aromatic N) is 3. The summed E-state index contributed by atoms with van der Waals surface area (Å²) in [4.78, 5) is 43.9. The van der Waals surface area contributed by atoms with Crippen LogP contribution in [0.5, 0.6) is 0 Å². The highest BCUT2D eigenvalue weighted by atomic mass is 16.3. The predicted molar refractivity (Wildman–Crippen MR) is 133 cm³/mol. The van der Waals surface area contributed by atoms with Gasteiger partial charge in [-0.2, -0.15) is 5.26 Å². The second-order valence-electron chi connectivity index (χ2n) is 8.52. The molecule has 10 heteroatoms. The Labute approximate surface area is 210 Å². The highest BCUT2D eigenvalue weighted by Gasteiger charge is 2.29. The zero-order valence-corrected chi connectivity index (χ0v) is 20.6. The van der Waals surface area contributed by atoms with E-state index in [1.807, 2.05) is 13.8 Å². The Hall–Kier alpha value is -3.81. The second kappa shape index (κ2) is 13.9. The van der Waals surface area contributed by atoms with Gasteiger partial charge in [0, 0.05) is 42.2 Å². The first-order chi connectivity index (χ1) is 17.2. The Morgan fingerprint density at radius 2 is 1.64 bits per heavy atom. The van der Waals surface area contributed by atoms with Gasteiger partial charge in [0.15, 0.2) is 0 Å². The summed E-state index contributed by atoms with van der Waals surface area (Å²) in [6.07, 6.45) is 1.56. The lowest BCUT2D eigenvalue weighted by atomic mass is 9.96. The van der Waals surface area contributed by atoms with Gasteiger partial charge in [-0.05, 0) is 55.2 Å². The van der Waals surface area contributed by atoms with E-state index in [0.717, 1.165) is 18.4 Å². The van der Waals surface area contributed by atoms with Crippen LogP contribution < -0.4 is 11.1 Å². The van der Waals surface area contributed by atoms with E-state index in [4.69, 9.17) is 11.0 Å². The molecule has 0 aliphatic rings. The molecular weight excluding hydrogens is 462 g/mol. The summed E-state index contributed by atoms with van der Waals surface area (Å²) in [6, 6.07) is 8.23. The molecule has 0 spiro atoms. The normalized spacial score (nSPS) is 13.2. The maximum absolute atomic E-state index is 13.2. The molecule has 0 aliphatic carbocycles. The fourth-order valence-corrected chi connectivity index (χ4v) is 3.83. The minimum Gasteiger partial charge on any atom is -0.389 e. The lowest BCUT2D eigenvalue weighted by Gasteiger charge is -2.27. The van der Waals surface area contributed by atoms with Crippen molar-refractivity contribution in [2.75, 3.05) is 13.1 Å². The third-order valence-electron chi connectivity index (χ3n) is 5.63. The zero-order chi connectivity index (χ0) is 26.7. The molecule has 192 valence electrons. The van der Waals surface area contributed by atoms with Crippen LogP contribution in [0.15, 0.2) is 42.7 Å². The zero-order valence-electron chi connectivity index (χ0n) is 20.6. The number of aliphatic hydroxyl groups excluding tert-OH is 2. The van der Waals surface area contributed by atoms with Crippen LogP contribution >= 0.6 is 0 Å². The number of carbonyl (C=O) groups excluding carboxylic acids is 3. The lowest BCUT2D eigenvalue weighted by Crippen LogP contribution is -2.49. The number of aromatic nitrogens is 1. The SMILES string of the molecule is CCCN(CCC)C(=O)c1cc(C(N)=O)cc(C(=O)NC(Cc2ccncc2)C(O)C(O)CC#N)c1. The lowest BCUT2D eigenvalue weighted by molar-refractivity contribution is -0.000341. The smallest absolute Gasteiger partial charge is 0.253 e. The molecule has 1 aromatic carbocycles. The number of hydrogen-bond acceptors (Lipinski definition) is 7. The van der Waals surface area contributed by atoms with E-state index < -0.39 is 30.1 Å². The van der Waals surface area contributed by atoms with Crippen molar-refractivity contribution < 1.29 is 24.6 Å². The van der Waals surface area contributed by atoms with Crippen molar-refractivity contribution in [3.63, 3.8) is 0 Å². The number of carbonyl (C=O) groups is 3. The quantitative estimate of drug-likeness (QED) is 0.325. The van der Waals surface area contributed by atoms with E-state index in [2.05, 4.69) is 10.3 Å². The maximum atomic E-state index is 13.2. The molecule has 10 nitrogen and oxygen atoms in total. The van der Waals surface area contributed by atoms with Gasteiger partial charge in [-0.1, -0.05) is 13.8 Å². The van der Waals surface area contributed by atoms with Gasteiger partial charge < -0.3 is 26.2 Å². The third kappa shape index (κ3) is 7.86. The number of nitrogens with two attached hydrogens (primary N) is 1. The third-order valence-corrected chi connectivity index (χ3v) is 5.63. The number of nitrogens with one attached hydrogen (secondary N) is 1. The first-order valence-electron chi connectivity index (χ1n) is 11.9. The number of nitriles is 1. The minimum atomic E-state index is -1.45. The molecule has 0 radical (unpaired) electrons. The number of primary amides is 1. The Morgan fingerprint density at radius 1 is 1.06 bits per heavy atom. The van der Waals surface area contributed by atoms with Crippen molar-refractivity contribution in [2.45, 2.75) is 57.8 Å². The first kappa shape index (κ1) is 28.4. The van der Waals surface area contributed by atoms with Crippen LogP contribution in [0.2, 0.25) is 0 Å². The van der Waals surface area contributed by atoms with Gasteiger partial charge in [0.25, 0.3) is 11.8 Å². The first-order valence-corrected chi connectivity index (χ1v) is 11.9. The topological polar surface area (TPSA) is 170 Å². The second-order valence-corrected chi connectivity index (χ2v) is 8.52. The van der Waals surface area contributed by atoms with E-state index in [1.165, 1.54) is 18.2 Å². The highest BCUT2D eigenvalue weighted by molar-refractivity contribution is 6.04. The number of rotatable bonds is 13. The number of pyridine rings is 1. The van der Waals surface area contributed by atoms with Gasteiger partial charge in [0.05, 0.1) is 24.6 Å². The van der Waals surface area contributed by atoms with Gasteiger partial charge in [-0.3, -0.25) is 19.4 Å². The average molecular weight is 496 g/mol. The van der Waals surface area contributed by atoms with Crippen LogP contribution in [0.1, 0.15) is 69.7 Å². The Balaban J connectivity index is 2.40. The summed E-state index contributed by atoms with van der Waals surface area (Å²) >= 11 is 0. The summed E-state index contributed by atoms with van der Waals surface area (Å²) in [6.45, 7) is 4.94. The molecule has 0 saturated carbocycles. The van der Waals surface area contributed by atoms with E-state index in [9.17, 15) is 24.6 Å². The standard InChI is InChI=1S/C26H33N5O5/c1-3-11-31(12-4-2)26(36)20-15-18(24(28)34)14-19(16-20)25(35)30-21(23(33)22(32)5-8-27)13-17-6-9-29-10-7-17/h6-7,9-10,14-16,21-23,32-33H,3-5,11-13H2,1-2H3,(H2,28,34)(H,30,35). The van der Waals surface area contributed by atoms with Crippen molar-refractivity contribution in [3.05, 3.63) is 65.0 Å². The number of hydrogen-bond donors (Lipinski definition) is 4.